The van der Waals surface area contributed by atoms with Gasteiger partial charge < -0.3 is 10.2 Å². The van der Waals surface area contributed by atoms with Crippen LogP contribution in [0.4, 0.5) is 5.82 Å². The highest BCUT2D eigenvalue weighted by atomic mass is 32.2. The lowest BCUT2D eigenvalue weighted by Gasteiger charge is -2.31. The Labute approximate surface area is 187 Å². The fraction of sp³-hybridized carbons (Fsp3) is 0.739. The molecule has 1 aromatic heterocycles. The van der Waals surface area contributed by atoms with Crippen LogP contribution in [0.2, 0.25) is 0 Å². The molecule has 0 spiro atoms. The number of nitrogens with zero attached hydrogens (tertiary/aromatic N) is 3. The summed E-state index contributed by atoms with van der Waals surface area (Å²) in [4.78, 5) is 19.9. The Morgan fingerprint density at radius 1 is 1.32 bits per heavy atom. The van der Waals surface area contributed by atoms with Crippen molar-refractivity contribution in [3.8, 4) is 0 Å². The monoisotopic (exact) mass is 450 g/mol. The van der Waals surface area contributed by atoms with Crippen LogP contribution < -0.4 is 10.2 Å². The predicted molar refractivity (Wildman–Crippen MR) is 124 cm³/mol. The Balaban J connectivity index is 1.88. The zero-order valence-corrected chi connectivity index (χ0v) is 20.6. The molecule has 174 valence electrons. The van der Waals surface area contributed by atoms with Crippen molar-refractivity contribution >= 4 is 21.7 Å². The zero-order chi connectivity index (χ0) is 23.0. The maximum Gasteiger partial charge on any atom is 0.247 e. The van der Waals surface area contributed by atoms with Gasteiger partial charge in [0.1, 0.15) is 16.8 Å². The lowest BCUT2D eigenvalue weighted by molar-refractivity contribution is -0.124. The largest absolute Gasteiger partial charge is 0.353 e. The topological polar surface area (TPSA) is 82.6 Å². The molecule has 1 N–H and O–H groups in total. The first-order valence-corrected chi connectivity index (χ1v) is 13.0. The van der Waals surface area contributed by atoms with Gasteiger partial charge in [-0.1, -0.05) is 13.8 Å². The maximum atomic E-state index is 13.7. The molecule has 2 aliphatic rings. The van der Waals surface area contributed by atoms with Crippen molar-refractivity contribution in [3.63, 3.8) is 0 Å². The number of aromatic nitrogens is 1. The van der Waals surface area contributed by atoms with Crippen LogP contribution in [-0.4, -0.2) is 54.8 Å². The van der Waals surface area contributed by atoms with E-state index in [1.165, 1.54) is 4.31 Å². The molecular weight excluding hydrogens is 412 g/mol. The third-order valence-electron chi connectivity index (χ3n) is 6.62. The average molecular weight is 451 g/mol. The Morgan fingerprint density at radius 2 is 2.03 bits per heavy atom. The third-order valence-corrected chi connectivity index (χ3v) is 8.55. The summed E-state index contributed by atoms with van der Waals surface area (Å²) in [7, 11) is -3.86. The maximum absolute atomic E-state index is 13.7. The summed E-state index contributed by atoms with van der Waals surface area (Å²) >= 11 is 0. The van der Waals surface area contributed by atoms with Crippen molar-refractivity contribution in [2.75, 3.05) is 18.0 Å². The van der Waals surface area contributed by atoms with Crippen LogP contribution in [0, 0.1) is 12.3 Å². The fourth-order valence-electron chi connectivity index (χ4n) is 4.97. The molecule has 1 aliphatic carbocycles. The Bertz CT molecular complexity index is 913. The van der Waals surface area contributed by atoms with E-state index < -0.39 is 16.1 Å². The molecular formula is C23H38N4O3S. The van der Waals surface area contributed by atoms with Crippen LogP contribution in [0.3, 0.4) is 0 Å². The molecule has 1 amide bonds. The van der Waals surface area contributed by atoms with E-state index in [2.05, 4.69) is 24.1 Å². The van der Waals surface area contributed by atoms with Gasteiger partial charge in [-0.05, 0) is 77.3 Å². The lowest BCUT2D eigenvalue weighted by atomic mass is 9.92. The molecule has 0 bridgehead atoms. The average Bonchev–Trinajstić information content (AvgIpc) is 3.29. The van der Waals surface area contributed by atoms with Crippen molar-refractivity contribution in [3.05, 3.63) is 17.8 Å². The summed E-state index contributed by atoms with van der Waals surface area (Å²) in [5.74, 6) is 0.308. The molecule has 1 unspecified atom stereocenters. The highest BCUT2D eigenvalue weighted by Crippen LogP contribution is 2.37. The molecule has 1 aliphatic heterocycles. The van der Waals surface area contributed by atoms with Crippen molar-refractivity contribution in [2.24, 2.45) is 5.41 Å². The van der Waals surface area contributed by atoms with Crippen LogP contribution in [-0.2, 0) is 14.8 Å². The van der Waals surface area contributed by atoms with Gasteiger partial charge in [0.05, 0.1) is 0 Å². The van der Waals surface area contributed by atoms with Crippen LogP contribution in [0.1, 0.15) is 72.4 Å². The molecule has 3 rings (SSSR count). The summed E-state index contributed by atoms with van der Waals surface area (Å²) in [5, 5.41) is 3.13. The van der Waals surface area contributed by atoms with Gasteiger partial charge in [-0.25, -0.2) is 13.4 Å². The first-order valence-electron chi connectivity index (χ1n) is 11.5. The quantitative estimate of drug-likeness (QED) is 0.688. The molecule has 2 heterocycles. The molecule has 31 heavy (non-hydrogen) atoms. The molecule has 1 saturated carbocycles. The van der Waals surface area contributed by atoms with Crippen LogP contribution in [0.25, 0.3) is 0 Å². The smallest absolute Gasteiger partial charge is 0.247 e. The summed E-state index contributed by atoms with van der Waals surface area (Å²) in [6, 6.07) is 2.95. The lowest BCUT2D eigenvalue weighted by Crippen LogP contribution is -2.48. The number of nitrogens with one attached hydrogen (secondary N) is 1. The Hall–Kier alpha value is -1.67. The van der Waals surface area contributed by atoms with Gasteiger partial charge >= 0.3 is 0 Å². The Morgan fingerprint density at radius 3 is 2.61 bits per heavy atom. The van der Waals surface area contributed by atoms with E-state index in [9.17, 15) is 13.2 Å². The van der Waals surface area contributed by atoms with E-state index in [4.69, 9.17) is 0 Å². The highest BCUT2D eigenvalue weighted by molar-refractivity contribution is 7.89. The molecule has 1 saturated heterocycles. The number of hydrogen-bond donors (Lipinski definition) is 1. The minimum absolute atomic E-state index is 0.108. The molecule has 2 fully saturated rings. The second-order valence-corrected chi connectivity index (χ2v) is 11.9. The molecule has 0 aromatic carbocycles. The number of carbonyl (C=O) groups excluding carboxylic acids is 1. The van der Waals surface area contributed by atoms with Gasteiger partial charge in [-0.3, -0.25) is 4.79 Å². The number of sulfonamides is 1. The first-order chi connectivity index (χ1) is 14.5. The van der Waals surface area contributed by atoms with E-state index in [0.29, 0.717) is 31.7 Å². The van der Waals surface area contributed by atoms with Crippen molar-refractivity contribution in [1.82, 2.24) is 14.6 Å². The van der Waals surface area contributed by atoms with E-state index in [1.807, 2.05) is 32.6 Å². The van der Waals surface area contributed by atoms with E-state index in [1.54, 1.807) is 12.1 Å². The summed E-state index contributed by atoms with van der Waals surface area (Å²) < 4.78 is 28.9. The predicted octanol–water partition coefficient (Wildman–Crippen LogP) is 3.47. The number of amides is 1. The number of anilines is 1. The first kappa shape index (κ1) is 24.0. The van der Waals surface area contributed by atoms with E-state index >= 15 is 0 Å². The molecule has 2 atom stereocenters. The minimum Gasteiger partial charge on any atom is -0.353 e. The number of hydrogen-bond acceptors (Lipinski definition) is 5. The molecule has 8 heteroatoms. The molecule has 1 aromatic rings. The second-order valence-electron chi connectivity index (χ2n) is 10.0. The molecule has 7 nitrogen and oxygen atoms in total. The van der Waals surface area contributed by atoms with Gasteiger partial charge in [0.2, 0.25) is 15.9 Å². The summed E-state index contributed by atoms with van der Waals surface area (Å²) in [5.41, 5.74) is 0.995. The normalized spacial score (nSPS) is 24.0. The van der Waals surface area contributed by atoms with Gasteiger partial charge in [0.15, 0.2) is 0 Å². The van der Waals surface area contributed by atoms with Crippen LogP contribution >= 0.6 is 0 Å². The van der Waals surface area contributed by atoms with Gasteiger partial charge in [-0.2, -0.15) is 4.31 Å². The van der Waals surface area contributed by atoms with Crippen molar-refractivity contribution < 1.29 is 13.2 Å². The van der Waals surface area contributed by atoms with Crippen molar-refractivity contribution in [2.45, 2.75) is 96.7 Å². The number of carbonyl (C=O) groups is 1. The Kier molecular flexibility index (Phi) is 7.01. The standard InChI is InChI=1S/C23H38N4O3S/c1-7-26(16(2)3)21-20(11-10-17(4)24-21)31(29,30)27-14-8-9-19(27)22(28)25-18-12-13-23(5,6)15-18/h10-11,16,18-19H,7-9,12-15H2,1-6H3,(H,25,28)/t18?,19-/m0/s1. The molecule has 0 radical (unpaired) electrons. The number of rotatable bonds is 7. The van der Waals surface area contributed by atoms with Gasteiger partial charge in [-0.15, -0.1) is 0 Å². The third kappa shape index (κ3) is 5.06. The summed E-state index contributed by atoms with van der Waals surface area (Å²) in [6.07, 6.45) is 4.19. The van der Waals surface area contributed by atoms with Gasteiger partial charge in [0.25, 0.3) is 0 Å². The van der Waals surface area contributed by atoms with Crippen LogP contribution in [0.15, 0.2) is 17.0 Å². The minimum atomic E-state index is -3.86. The van der Waals surface area contributed by atoms with Gasteiger partial charge in [0, 0.05) is 30.9 Å². The summed E-state index contributed by atoms with van der Waals surface area (Å²) in [6.45, 7) is 13.4. The van der Waals surface area contributed by atoms with E-state index in [0.717, 1.165) is 25.0 Å². The zero-order valence-electron chi connectivity index (χ0n) is 19.8. The fourth-order valence-corrected chi connectivity index (χ4v) is 6.76. The SMILES string of the molecule is CCN(c1nc(C)ccc1S(=O)(=O)N1CCC[C@H]1C(=O)NC1CCC(C)(C)C1)C(C)C. The van der Waals surface area contributed by atoms with Crippen LogP contribution in [0.5, 0.6) is 0 Å². The second kappa shape index (κ2) is 9.06. The number of pyridine rings is 1. The highest BCUT2D eigenvalue weighted by Gasteiger charge is 2.42. The number of aryl methyl sites for hydroxylation is 1. The van der Waals surface area contributed by atoms with E-state index in [-0.39, 0.29) is 28.3 Å². The van der Waals surface area contributed by atoms with Crippen molar-refractivity contribution in [1.29, 1.82) is 0 Å².